The molecule has 0 fully saturated rings. The Kier molecular flexibility index (Phi) is 6.69. The largest absolute Gasteiger partial charge is 0.449 e. The fourth-order valence-corrected chi connectivity index (χ4v) is 7.16. The molecular formula is C31H23N3O3S2. The molecule has 0 aliphatic heterocycles. The Morgan fingerprint density at radius 1 is 1.00 bits per heavy atom. The van der Waals surface area contributed by atoms with Gasteiger partial charge in [0, 0.05) is 10.4 Å². The lowest BCUT2D eigenvalue weighted by Gasteiger charge is -2.16. The maximum atomic E-state index is 13.3. The molecule has 1 unspecified atom stereocenters. The summed E-state index contributed by atoms with van der Waals surface area (Å²) in [5, 5.41) is 14.0. The maximum Gasteiger partial charge on any atom is 0.339 e. The number of para-hydroxylation sites is 1. The minimum Gasteiger partial charge on any atom is -0.449 e. The van der Waals surface area contributed by atoms with Gasteiger partial charge in [0.15, 0.2) is 6.10 Å². The van der Waals surface area contributed by atoms with E-state index in [-0.39, 0.29) is 6.42 Å². The fourth-order valence-electron chi connectivity index (χ4n) is 4.89. The second kappa shape index (κ2) is 10.4. The number of fused-ring (bicyclic) bond motifs is 4. The van der Waals surface area contributed by atoms with Crippen molar-refractivity contribution in [2.75, 3.05) is 5.32 Å². The molecule has 1 aliphatic rings. The van der Waals surface area contributed by atoms with Gasteiger partial charge >= 0.3 is 5.97 Å². The van der Waals surface area contributed by atoms with E-state index in [0.717, 1.165) is 39.1 Å². The molecule has 5 aromatic rings. The predicted octanol–water partition coefficient (Wildman–Crippen LogP) is 7.24. The van der Waals surface area contributed by atoms with Crippen LogP contribution in [0.3, 0.4) is 0 Å². The van der Waals surface area contributed by atoms with Gasteiger partial charge in [-0.1, -0.05) is 61.5 Å². The summed E-state index contributed by atoms with van der Waals surface area (Å²) in [5.74, 6) is -1.04. The van der Waals surface area contributed by atoms with Crippen molar-refractivity contribution in [3.8, 4) is 27.1 Å². The van der Waals surface area contributed by atoms with E-state index in [1.54, 1.807) is 19.1 Å². The molecule has 1 aliphatic carbocycles. The average molecular weight is 550 g/mol. The third-order valence-electron chi connectivity index (χ3n) is 6.85. The second-order valence-electron chi connectivity index (χ2n) is 9.21. The number of aromatic nitrogens is 1. The maximum absolute atomic E-state index is 13.3. The van der Waals surface area contributed by atoms with E-state index >= 15 is 0 Å². The predicted molar refractivity (Wildman–Crippen MR) is 155 cm³/mol. The number of nitrogens with one attached hydrogen (secondary N) is 1. The minimum atomic E-state index is -1.01. The highest BCUT2D eigenvalue weighted by Gasteiger charge is 2.29. The van der Waals surface area contributed by atoms with Gasteiger partial charge in [0.2, 0.25) is 0 Å². The van der Waals surface area contributed by atoms with Gasteiger partial charge in [-0.05, 0) is 54.2 Å². The highest BCUT2D eigenvalue weighted by Crippen LogP contribution is 2.45. The average Bonchev–Trinajstić information content (AvgIpc) is 3.56. The number of ether oxygens (including phenoxy) is 1. The number of esters is 1. The van der Waals surface area contributed by atoms with Crippen molar-refractivity contribution in [2.45, 2.75) is 32.3 Å². The number of aryl methyl sites for hydroxylation is 1. The van der Waals surface area contributed by atoms with Crippen LogP contribution in [0.2, 0.25) is 0 Å². The first-order valence-corrected chi connectivity index (χ1v) is 14.3. The fraction of sp³-hybridized carbons (Fsp3) is 0.161. The van der Waals surface area contributed by atoms with Gasteiger partial charge in [-0.3, -0.25) is 4.79 Å². The summed E-state index contributed by atoms with van der Waals surface area (Å²) >= 11 is 2.90. The van der Waals surface area contributed by atoms with Gasteiger partial charge in [-0.2, -0.15) is 5.26 Å². The number of anilines is 1. The summed E-state index contributed by atoms with van der Waals surface area (Å²) in [7, 11) is 0. The van der Waals surface area contributed by atoms with Crippen LogP contribution in [0.1, 0.15) is 40.4 Å². The molecule has 192 valence electrons. The third-order valence-corrected chi connectivity index (χ3v) is 9.10. The molecule has 6 rings (SSSR count). The summed E-state index contributed by atoms with van der Waals surface area (Å²) in [6.07, 6.45) is 0.872. The van der Waals surface area contributed by atoms with Crippen LogP contribution in [0, 0.1) is 11.3 Å². The number of nitrogens with zero attached hydrogens (tertiary/aromatic N) is 2. The number of rotatable bonds is 6. The third kappa shape index (κ3) is 4.60. The first kappa shape index (κ1) is 25.0. The summed E-state index contributed by atoms with van der Waals surface area (Å²) in [6, 6.07) is 25.4. The summed E-state index contributed by atoms with van der Waals surface area (Å²) in [5.41, 5.74) is 5.66. The number of amides is 1. The molecule has 2 aromatic heterocycles. The molecule has 39 heavy (non-hydrogen) atoms. The highest BCUT2D eigenvalue weighted by molar-refractivity contribution is 7.21. The molecule has 3 aromatic carbocycles. The molecule has 1 N–H and O–H groups in total. The zero-order valence-electron chi connectivity index (χ0n) is 21.1. The Hall–Kier alpha value is -4.32. The lowest BCUT2D eigenvalue weighted by molar-refractivity contribution is -0.124. The molecular weight excluding hydrogens is 526 g/mol. The lowest BCUT2D eigenvalue weighted by Crippen LogP contribution is -2.32. The van der Waals surface area contributed by atoms with E-state index in [2.05, 4.69) is 28.5 Å². The number of nitriles is 1. The molecule has 6 nitrogen and oxygen atoms in total. The Morgan fingerprint density at radius 3 is 2.54 bits per heavy atom. The van der Waals surface area contributed by atoms with E-state index in [1.807, 2.05) is 48.5 Å². The lowest BCUT2D eigenvalue weighted by atomic mass is 9.90. The molecule has 1 atom stereocenters. The molecule has 0 saturated carbocycles. The Labute approximate surface area is 233 Å². The molecule has 0 spiro atoms. The van der Waals surface area contributed by atoms with Crippen molar-refractivity contribution in [1.29, 1.82) is 5.26 Å². The molecule has 8 heteroatoms. The van der Waals surface area contributed by atoms with Crippen LogP contribution < -0.4 is 5.32 Å². The monoisotopic (exact) mass is 549 g/mol. The normalized spacial score (nSPS) is 12.7. The standard InChI is InChI=1S/C31H23N3O3S2/c1-2-25(28(35)34-30-23(17-32)20-16-15-18-9-3-4-10-19(18)27(20)39-30)37-31(36)22-12-6-5-11-21(22)29-33-24-13-7-8-14-26(24)38-29/h3-14,25H,2,15-16H2,1H3,(H,34,35). The van der Waals surface area contributed by atoms with Crippen molar-refractivity contribution in [2.24, 2.45) is 0 Å². The number of benzene rings is 3. The van der Waals surface area contributed by atoms with Crippen molar-refractivity contribution < 1.29 is 14.3 Å². The zero-order valence-corrected chi connectivity index (χ0v) is 22.7. The van der Waals surface area contributed by atoms with Crippen LogP contribution in [0.5, 0.6) is 0 Å². The summed E-state index contributed by atoms with van der Waals surface area (Å²) < 4.78 is 6.76. The Morgan fingerprint density at radius 2 is 1.74 bits per heavy atom. The molecule has 0 bridgehead atoms. The quantitative estimate of drug-likeness (QED) is 0.226. The van der Waals surface area contributed by atoms with Gasteiger partial charge in [-0.15, -0.1) is 22.7 Å². The number of hydrogen-bond donors (Lipinski definition) is 1. The molecule has 0 radical (unpaired) electrons. The van der Waals surface area contributed by atoms with Crippen LogP contribution >= 0.6 is 22.7 Å². The second-order valence-corrected chi connectivity index (χ2v) is 11.3. The van der Waals surface area contributed by atoms with Crippen LogP contribution in [0.15, 0.2) is 72.8 Å². The van der Waals surface area contributed by atoms with Crippen LogP contribution in [-0.2, 0) is 22.4 Å². The van der Waals surface area contributed by atoms with Crippen LogP contribution in [0.25, 0.3) is 31.2 Å². The van der Waals surface area contributed by atoms with Crippen LogP contribution in [0.4, 0.5) is 5.00 Å². The summed E-state index contributed by atoms with van der Waals surface area (Å²) in [6.45, 7) is 1.79. The van der Waals surface area contributed by atoms with Gasteiger partial charge in [0.05, 0.1) is 21.3 Å². The molecule has 2 heterocycles. The van der Waals surface area contributed by atoms with Crippen LogP contribution in [-0.4, -0.2) is 23.0 Å². The smallest absolute Gasteiger partial charge is 0.339 e. The zero-order chi connectivity index (χ0) is 26.9. The highest BCUT2D eigenvalue weighted by atomic mass is 32.1. The molecule has 1 amide bonds. The van der Waals surface area contributed by atoms with Crippen molar-refractivity contribution in [3.63, 3.8) is 0 Å². The molecule has 0 saturated heterocycles. The van der Waals surface area contributed by atoms with Crippen molar-refractivity contribution in [3.05, 3.63) is 95.1 Å². The SMILES string of the molecule is CCC(OC(=O)c1ccccc1-c1nc2ccccc2s1)C(=O)Nc1sc2c(c1C#N)CCc1ccccc1-2. The number of thiophene rings is 1. The number of carbonyl (C=O) groups is 2. The van der Waals surface area contributed by atoms with E-state index in [9.17, 15) is 14.9 Å². The van der Waals surface area contributed by atoms with Crippen molar-refractivity contribution >= 4 is 49.8 Å². The van der Waals surface area contributed by atoms with E-state index in [4.69, 9.17) is 4.74 Å². The van der Waals surface area contributed by atoms with E-state index < -0.39 is 18.0 Å². The van der Waals surface area contributed by atoms with Gasteiger partial charge < -0.3 is 10.1 Å². The van der Waals surface area contributed by atoms with E-state index in [1.165, 1.54) is 28.2 Å². The van der Waals surface area contributed by atoms with Gasteiger partial charge in [0.25, 0.3) is 5.91 Å². The van der Waals surface area contributed by atoms with Crippen molar-refractivity contribution in [1.82, 2.24) is 4.98 Å². The number of hydrogen-bond acceptors (Lipinski definition) is 7. The van der Waals surface area contributed by atoms with Gasteiger partial charge in [-0.25, -0.2) is 9.78 Å². The first-order valence-electron chi connectivity index (χ1n) is 12.7. The Bertz CT molecular complexity index is 1750. The summed E-state index contributed by atoms with van der Waals surface area (Å²) in [4.78, 5) is 32.3. The van der Waals surface area contributed by atoms with E-state index in [0.29, 0.717) is 26.7 Å². The first-order chi connectivity index (χ1) is 19.1. The minimum absolute atomic E-state index is 0.288. The Balaban J connectivity index is 1.24. The van der Waals surface area contributed by atoms with Gasteiger partial charge in [0.1, 0.15) is 16.1 Å². The topological polar surface area (TPSA) is 92.1 Å². The number of carbonyl (C=O) groups excluding carboxylic acids is 2. The number of thiazole rings is 1.